The third kappa shape index (κ3) is 3.72. The Morgan fingerprint density at radius 2 is 1.74 bits per heavy atom. The second-order valence-corrected chi connectivity index (χ2v) is 6.24. The van der Waals surface area contributed by atoms with Gasteiger partial charge in [0.25, 0.3) is 0 Å². The molecule has 0 atom stereocenters. The lowest BCUT2D eigenvalue weighted by atomic mass is 10.1. The molecule has 0 aliphatic carbocycles. The number of aromatic nitrogens is 2. The predicted molar refractivity (Wildman–Crippen MR) is 80.5 cm³/mol. The predicted octanol–water partition coefficient (Wildman–Crippen LogP) is 2.65. The van der Waals surface area contributed by atoms with E-state index in [1.165, 1.54) is 25.7 Å². The van der Waals surface area contributed by atoms with Crippen LogP contribution in [0.25, 0.3) is 0 Å². The molecule has 19 heavy (non-hydrogen) atoms. The number of nitrogens with one attached hydrogen (secondary N) is 1. The summed E-state index contributed by atoms with van der Waals surface area (Å²) in [7, 11) is 0. The van der Waals surface area contributed by atoms with E-state index in [4.69, 9.17) is 5.73 Å². The van der Waals surface area contributed by atoms with Crippen molar-refractivity contribution in [3.8, 4) is 0 Å². The van der Waals surface area contributed by atoms with Crippen LogP contribution in [0.5, 0.6) is 0 Å². The van der Waals surface area contributed by atoms with Crippen molar-refractivity contribution in [2.75, 3.05) is 29.0 Å². The average molecular weight is 263 g/mol. The molecule has 106 valence electrons. The Balaban J connectivity index is 2.23. The molecule has 3 N–H and O–H groups in total. The van der Waals surface area contributed by atoms with Crippen molar-refractivity contribution in [3.63, 3.8) is 0 Å². The normalized spacial score (nSPS) is 17.1. The monoisotopic (exact) mass is 263 g/mol. The highest BCUT2D eigenvalue weighted by Crippen LogP contribution is 2.29. The van der Waals surface area contributed by atoms with Crippen LogP contribution < -0.4 is 16.0 Å². The van der Waals surface area contributed by atoms with Crippen molar-refractivity contribution in [1.29, 1.82) is 0 Å². The van der Waals surface area contributed by atoms with E-state index in [-0.39, 0.29) is 5.54 Å². The largest absolute Gasteiger partial charge is 0.393 e. The number of nitrogen functional groups attached to an aromatic ring is 1. The summed E-state index contributed by atoms with van der Waals surface area (Å²) in [5.41, 5.74) is 6.85. The Kier molecular flexibility index (Phi) is 4.12. The van der Waals surface area contributed by atoms with Crippen molar-refractivity contribution in [2.45, 2.75) is 52.0 Å². The van der Waals surface area contributed by atoms with Crippen LogP contribution in [0.2, 0.25) is 0 Å². The third-order valence-electron chi connectivity index (χ3n) is 3.26. The van der Waals surface area contributed by atoms with Gasteiger partial charge in [-0.2, -0.15) is 0 Å². The summed E-state index contributed by atoms with van der Waals surface area (Å²) in [5, 5.41) is 3.34. The van der Waals surface area contributed by atoms with Gasteiger partial charge in [0.15, 0.2) is 11.6 Å². The summed E-state index contributed by atoms with van der Waals surface area (Å²) >= 11 is 0. The van der Waals surface area contributed by atoms with Gasteiger partial charge in [-0.25, -0.2) is 9.97 Å². The zero-order valence-electron chi connectivity index (χ0n) is 12.2. The Morgan fingerprint density at radius 1 is 1.11 bits per heavy atom. The van der Waals surface area contributed by atoms with E-state index in [9.17, 15) is 0 Å². The standard InChI is InChI=1S/C14H25N5/c1-14(2,3)18-12-11(15)13(17-10-16-12)19-8-6-4-5-7-9-19/h10H,4-9,15H2,1-3H3,(H,16,17,18). The van der Waals surface area contributed by atoms with Gasteiger partial charge >= 0.3 is 0 Å². The van der Waals surface area contributed by atoms with Gasteiger partial charge in [0.1, 0.15) is 12.0 Å². The van der Waals surface area contributed by atoms with Gasteiger partial charge in [-0.05, 0) is 33.6 Å². The lowest BCUT2D eigenvalue weighted by Gasteiger charge is -2.26. The maximum atomic E-state index is 6.24. The molecule has 1 fully saturated rings. The first-order chi connectivity index (χ1) is 8.97. The van der Waals surface area contributed by atoms with Gasteiger partial charge in [0.2, 0.25) is 0 Å². The number of hydrogen-bond donors (Lipinski definition) is 2. The fourth-order valence-corrected chi connectivity index (χ4v) is 2.38. The van der Waals surface area contributed by atoms with Crippen molar-refractivity contribution in [3.05, 3.63) is 6.33 Å². The number of hydrogen-bond acceptors (Lipinski definition) is 5. The van der Waals surface area contributed by atoms with E-state index in [1.54, 1.807) is 6.33 Å². The maximum absolute atomic E-state index is 6.24. The van der Waals surface area contributed by atoms with Crippen LogP contribution in [0.4, 0.5) is 17.3 Å². The van der Waals surface area contributed by atoms with Gasteiger partial charge < -0.3 is 16.0 Å². The molecule has 5 heteroatoms. The molecule has 0 saturated carbocycles. The number of anilines is 3. The van der Waals surface area contributed by atoms with Crippen molar-refractivity contribution in [1.82, 2.24) is 9.97 Å². The van der Waals surface area contributed by atoms with E-state index in [0.29, 0.717) is 5.69 Å². The molecular formula is C14H25N5. The third-order valence-corrected chi connectivity index (χ3v) is 3.26. The minimum absolute atomic E-state index is 0.0570. The highest BCUT2D eigenvalue weighted by atomic mass is 15.2. The first-order valence-electron chi connectivity index (χ1n) is 7.11. The van der Waals surface area contributed by atoms with Crippen molar-refractivity contribution in [2.24, 2.45) is 0 Å². The molecule has 1 saturated heterocycles. The topological polar surface area (TPSA) is 67.1 Å². The zero-order valence-corrected chi connectivity index (χ0v) is 12.2. The lowest BCUT2D eigenvalue weighted by Crippen LogP contribution is -2.29. The van der Waals surface area contributed by atoms with Crippen LogP contribution in [-0.2, 0) is 0 Å². The Bertz CT molecular complexity index is 416. The molecule has 1 aliphatic heterocycles. The number of nitrogens with two attached hydrogens (primary N) is 1. The molecule has 1 aromatic heterocycles. The quantitative estimate of drug-likeness (QED) is 0.858. The fourth-order valence-electron chi connectivity index (χ4n) is 2.38. The molecule has 0 spiro atoms. The smallest absolute Gasteiger partial charge is 0.157 e. The molecular weight excluding hydrogens is 238 g/mol. The lowest BCUT2D eigenvalue weighted by molar-refractivity contribution is 0.630. The summed E-state index contributed by atoms with van der Waals surface area (Å²) in [4.78, 5) is 10.9. The minimum atomic E-state index is -0.0570. The van der Waals surface area contributed by atoms with E-state index < -0.39 is 0 Å². The van der Waals surface area contributed by atoms with Gasteiger partial charge in [-0.15, -0.1) is 0 Å². The summed E-state index contributed by atoms with van der Waals surface area (Å²) in [6, 6.07) is 0. The Morgan fingerprint density at radius 3 is 2.32 bits per heavy atom. The average Bonchev–Trinajstić information content (AvgIpc) is 2.59. The summed E-state index contributed by atoms with van der Waals surface area (Å²) < 4.78 is 0. The molecule has 5 nitrogen and oxygen atoms in total. The molecule has 1 aromatic rings. The van der Waals surface area contributed by atoms with E-state index >= 15 is 0 Å². The Labute approximate surface area is 115 Å². The van der Waals surface area contributed by atoms with E-state index in [2.05, 4.69) is 41.0 Å². The Hall–Kier alpha value is -1.52. The molecule has 0 amide bonds. The highest BCUT2D eigenvalue weighted by molar-refractivity contribution is 5.75. The van der Waals surface area contributed by atoms with Crippen LogP contribution in [0.15, 0.2) is 6.33 Å². The first-order valence-corrected chi connectivity index (χ1v) is 7.11. The summed E-state index contributed by atoms with van der Waals surface area (Å²) in [5.74, 6) is 1.62. The highest BCUT2D eigenvalue weighted by Gasteiger charge is 2.19. The van der Waals surface area contributed by atoms with Gasteiger partial charge in [-0.1, -0.05) is 12.8 Å². The fraction of sp³-hybridized carbons (Fsp3) is 0.714. The number of nitrogens with zero attached hydrogens (tertiary/aromatic N) is 3. The van der Waals surface area contributed by atoms with Crippen LogP contribution in [-0.4, -0.2) is 28.6 Å². The number of rotatable bonds is 2. The van der Waals surface area contributed by atoms with Crippen LogP contribution in [0, 0.1) is 0 Å². The van der Waals surface area contributed by atoms with E-state index in [0.717, 1.165) is 24.7 Å². The van der Waals surface area contributed by atoms with Crippen LogP contribution >= 0.6 is 0 Å². The maximum Gasteiger partial charge on any atom is 0.157 e. The molecule has 0 bridgehead atoms. The van der Waals surface area contributed by atoms with Crippen molar-refractivity contribution < 1.29 is 0 Å². The summed E-state index contributed by atoms with van der Waals surface area (Å²) in [6.45, 7) is 8.37. The summed E-state index contributed by atoms with van der Waals surface area (Å²) in [6.07, 6.45) is 6.63. The molecule has 0 unspecified atom stereocenters. The second kappa shape index (κ2) is 5.63. The van der Waals surface area contributed by atoms with E-state index in [1.807, 2.05) is 0 Å². The van der Waals surface area contributed by atoms with Crippen molar-refractivity contribution >= 4 is 17.3 Å². The van der Waals surface area contributed by atoms with Gasteiger partial charge in [-0.3, -0.25) is 0 Å². The van der Waals surface area contributed by atoms with Gasteiger partial charge in [0.05, 0.1) is 0 Å². The molecule has 0 aromatic carbocycles. The molecule has 2 rings (SSSR count). The molecule has 0 radical (unpaired) electrons. The molecule has 1 aliphatic rings. The second-order valence-electron chi connectivity index (χ2n) is 6.24. The SMILES string of the molecule is CC(C)(C)Nc1ncnc(N2CCCCCC2)c1N. The van der Waals surface area contributed by atoms with Crippen LogP contribution in [0.3, 0.4) is 0 Å². The van der Waals surface area contributed by atoms with Gasteiger partial charge in [0, 0.05) is 18.6 Å². The van der Waals surface area contributed by atoms with Crippen LogP contribution in [0.1, 0.15) is 46.5 Å². The first kappa shape index (κ1) is 13.9. The molecule has 2 heterocycles. The minimum Gasteiger partial charge on any atom is -0.393 e. The zero-order chi connectivity index (χ0) is 13.9.